The molecule has 1 aromatic heterocycles. The molecule has 9 heteroatoms. The molecule has 0 unspecified atom stereocenters. The lowest BCUT2D eigenvalue weighted by atomic mass is 10.3. The van der Waals surface area contributed by atoms with Crippen molar-refractivity contribution in [3.05, 3.63) is 18.2 Å². The molecular formula is C10H13F2N3O3S. The van der Waals surface area contributed by atoms with E-state index in [4.69, 9.17) is 5.11 Å². The topological polar surface area (TPSA) is 84.2 Å². The van der Waals surface area contributed by atoms with Crippen LogP contribution < -0.4 is 5.32 Å². The van der Waals surface area contributed by atoms with Gasteiger partial charge in [0.1, 0.15) is 11.9 Å². The first kappa shape index (κ1) is 15.4. The van der Waals surface area contributed by atoms with Crippen molar-refractivity contribution in [1.82, 2.24) is 14.9 Å². The lowest BCUT2D eigenvalue weighted by Crippen LogP contribution is -2.41. The zero-order valence-corrected chi connectivity index (χ0v) is 10.9. The standard InChI is InChI=1S/C10H13F2N3O3S/c1-6(16)14-7(9(17)18)4-19-5-8-13-2-3-15(8)10(11)12/h2-3,7,10H,4-5H2,1H3,(H,14,16)(H,17,18)/t7-/m0/s1. The molecule has 0 aliphatic heterocycles. The molecule has 0 radical (unpaired) electrons. The fourth-order valence-corrected chi connectivity index (χ4v) is 2.31. The van der Waals surface area contributed by atoms with E-state index in [1.807, 2.05) is 0 Å². The van der Waals surface area contributed by atoms with E-state index in [0.29, 0.717) is 4.57 Å². The maximum atomic E-state index is 12.5. The van der Waals surface area contributed by atoms with E-state index in [1.54, 1.807) is 0 Å². The molecular weight excluding hydrogens is 280 g/mol. The van der Waals surface area contributed by atoms with Gasteiger partial charge >= 0.3 is 12.5 Å². The van der Waals surface area contributed by atoms with Crippen LogP contribution in [0.15, 0.2) is 12.4 Å². The summed E-state index contributed by atoms with van der Waals surface area (Å²) in [5.74, 6) is -1.25. The average molecular weight is 293 g/mol. The van der Waals surface area contributed by atoms with Crippen molar-refractivity contribution in [3.8, 4) is 0 Å². The second-order valence-electron chi connectivity index (χ2n) is 3.63. The number of carbonyl (C=O) groups is 2. The van der Waals surface area contributed by atoms with Crippen LogP contribution in [0.5, 0.6) is 0 Å². The molecule has 0 aromatic carbocycles. The number of amides is 1. The Labute approximate surface area is 112 Å². The van der Waals surface area contributed by atoms with Gasteiger partial charge < -0.3 is 10.4 Å². The summed E-state index contributed by atoms with van der Waals surface area (Å²) in [5.41, 5.74) is 0. The van der Waals surface area contributed by atoms with Crippen LogP contribution >= 0.6 is 11.8 Å². The van der Waals surface area contributed by atoms with Crippen molar-refractivity contribution >= 4 is 23.6 Å². The highest BCUT2D eigenvalue weighted by molar-refractivity contribution is 7.98. The monoisotopic (exact) mass is 293 g/mol. The molecule has 0 aliphatic rings. The van der Waals surface area contributed by atoms with E-state index in [-0.39, 0.29) is 17.3 Å². The summed E-state index contributed by atoms with van der Waals surface area (Å²) >= 11 is 1.11. The normalized spacial score (nSPS) is 12.4. The number of halogens is 2. The van der Waals surface area contributed by atoms with Gasteiger partial charge in [-0.25, -0.2) is 9.78 Å². The Morgan fingerprint density at radius 3 is 2.79 bits per heavy atom. The SMILES string of the molecule is CC(=O)N[C@@H](CSCc1nccn1C(F)F)C(=O)O. The summed E-state index contributed by atoms with van der Waals surface area (Å²) in [5, 5.41) is 11.1. The summed E-state index contributed by atoms with van der Waals surface area (Å²) < 4.78 is 25.7. The maximum Gasteiger partial charge on any atom is 0.327 e. The van der Waals surface area contributed by atoms with Crippen LogP contribution in [0.4, 0.5) is 8.78 Å². The van der Waals surface area contributed by atoms with Crippen LogP contribution in [0.2, 0.25) is 0 Å². The van der Waals surface area contributed by atoms with Crippen molar-refractivity contribution in [3.63, 3.8) is 0 Å². The average Bonchev–Trinajstić information content (AvgIpc) is 2.75. The lowest BCUT2D eigenvalue weighted by Gasteiger charge is -2.12. The Kier molecular flexibility index (Phi) is 5.74. The Hall–Kier alpha value is -1.64. The van der Waals surface area contributed by atoms with Crippen molar-refractivity contribution in [2.45, 2.75) is 25.3 Å². The number of thioether (sulfide) groups is 1. The number of carbonyl (C=O) groups excluding carboxylic acids is 1. The first-order valence-corrected chi connectivity index (χ1v) is 6.44. The van der Waals surface area contributed by atoms with Crippen LogP contribution in [0.3, 0.4) is 0 Å². The van der Waals surface area contributed by atoms with Crippen LogP contribution in [-0.2, 0) is 15.3 Å². The highest BCUT2D eigenvalue weighted by Crippen LogP contribution is 2.17. The van der Waals surface area contributed by atoms with Crippen LogP contribution in [0, 0.1) is 0 Å². The van der Waals surface area contributed by atoms with Crippen molar-refractivity contribution in [2.24, 2.45) is 0 Å². The Balaban J connectivity index is 2.50. The minimum Gasteiger partial charge on any atom is -0.480 e. The number of nitrogens with zero attached hydrogens (tertiary/aromatic N) is 2. The minimum absolute atomic E-state index is 0.0744. The van der Waals surface area contributed by atoms with Crippen molar-refractivity contribution in [2.75, 3.05) is 5.75 Å². The Morgan fingerprint density at radius 1 is 1.58 bits per heavy atom. The molecule has 0 bridgehead atoms. The molecule has 0 fully saturated rings. The first-order valence-electron chi connectivity index (χ1n) is 5.29. The van der Waals surface area contributed by atoms with Gasteiger partial charge in [-0.05, 0) is 0 Å². The van der Waals surface area contributed by atoms with E-state index in [1.165, 1.54) is 13.1 Å². The number of rotatable bonds is 7. The van der Waals surface area contributed by atoms with Crippen molar-refractivity contribution < 1.29 is 23.5 Å². The summed E-state index contributed by atoms with van der Waals surface area (Å²) in [4.78, 5) is 25.4. The predicted octanol–water partition coefficient (Wildman–Crippen LogP) is 1.10. The van der Waals surface area contributed by atoms with Gasteiger partial charge in [0, 0.05) is 25.1 Å². The molecule has 1 heterocycles. The Morgan fingerprint density at radius 2 is 2.26 bits per heavy atom. The summed E-state index contributed by atoms with van der Waals surface area (Å²) in [6.07, 6.45) is 2.41. The number of alkyl halides is 2. The molecule has 0 aliphatic carbocycles. The number of imidazole rings is 1. The molecule has 1 rings (SSSR count). The van der Waals surface area contributed by atoms with Gasteiger partial charge in [-0.3, -0.25) is 9.36 Å². The van der Waals surface area contributed by atoms with Crippen LogP contribution in [0.25, 0.3) is 0 Å². The molecule has 1 atom stereocenters. The van der Waals surface area contributed by atoms with Gasteiger partial charge in [0.05, 0.1) is 5.75 Å². The van der Waals surface area contributed by atoms with Crippen LogP contribution in [0.1, 0.15) is 19.3 Å². The third kappa shape index (κ3) is 4.86. The van der Waals surface area contributed by atoms with E-state index in [0.717, 1.165) is 18.0 Å². The number of nitrogens with one attached hydrogen (secondary N) is 1. The van der Waals surface area contributed by atoms with Gasteiger partial charge in [0.2, 0.25) is 5.91 Å². The lowest BCUT2D eigenvalue weighted by molar-refractivity contribution is -0.140. The fraction of sp³-hybridized carbons (Fsp3) is 0.500. The molecule has 106 valence electrons. The van der Waals surface area contributed by atoms with Gasteiger partial charge in [0.15, 0.2) is 0 Å². The number of carboxylic acids is 1. The van der Waals surface area contributed by atoms with E-state index in [9.17, 15) is 18.4 Å². The zero-order valence-electron chi connectivity index (χ0n) is 10.0. The molecule has 2 N–H and O–H groups in total. The molecule has 1 aromatic rings. The number of hydrogen-bond acceptors (Lipinski definition) is 4. The quantitative estimate of drug-likeness (QED) is 0.786. The number of aromatic nitrogens is 2. The third-order valence-corrected chi connectivity index (χ3v) is 3.18. The molecule has 1 amide bonds. The highest BCUT2D eigenvalue weighted by atomic mass is 32.2. The molecule has 0 spiro atoms. The largest absolute Gasteiger partial charge is 0.480 e. The smallest absolute Gasteiger partial charge is 0.327 e. The summed E-state index contributed by atoms with van der Waals surface area (Å²) in [7, 11) is 0. The second-order valence-corrected chi connectivity index (χ2v) is 4.67. The van der Waals surface area contributed by atoms with Gasteiger partial charge in [0.25, 0.3) is 0 Å². The molecule has 6 nitrogen and oxygen atoms in total. The first-order chi connectivity index (χ1) is 8.91. The van der Waals surface area contributed by atoms with Gasteiger partial charge in [-0.1, -0.05) is 0 Å². The third-order valence-electron chi connectivity index (χ3n) is 2.15. The number of hydrogen-bond donors (Lipinski definition) is 2. The van der Waals surface area contributed by atoms with Crippen LogP contribution in [-0.4, -0.2) is 38.3 Å². The van der Waals surface area contributed by atoms with Gasteiger partial charge in [-0.15, -0.1) is 0 Å². The zero-order chi connectivity index (χ0) is 14.4. The van der Waals surface area contributed by atoms with E-state index in [2.05, 4.69) is 10.3 Å². The summed E-state index contributed by atoms with van der Waals surface area (Å²) in [6, 6.07) is -1.04. The number of aliphatic carboxylic acids is 1. The molecule has 0 saturated heterocycles. The minimum atomic E-state index is -2.68. The van der Waals surface area contributed by atoms with E-state index >= 15 is 0 Å². The molecule has 19 heavy (non-hydrogen) atoms. The predicted molar refractivity (Wildman–Crippen MR) is 64.9 cm³/mol. The summed E-state index contributed by atoms with van der Waals surface area (Å²) in [6.45, 7) is -1.46. The Bertz CT molecular complexity index is 453. The molecule has 0 saturated carbocycles. The number of carboxylic acid groups (broad SMARTS) is 1. The fourth-order valence-electron chi connectivity index (χ4n) is 1.32. The maximum absolute atomic E-state index is 12.5. The second kappa shape index (κ2) is 7.07. The van der Waals surface area contributed by atoms with Gasteiger partial charge in [-0.2, -0.15) is 20.5 Å². The van der Waals surface area contributed by atoms with Crippen molar-refractivity contribution in [1.29, 1.82) is 0 Å². The highest BCUT2D eigenvalue weighted by Gasteiger charge is 2.19. The van der Waals surface area contributed by atoms with E-state index < -0.39 is 24.5 Å².